The van der Waals surface area contributed by atoms with Crippen LogP contribution in [0.4, 0.5) is 4.79 Å². The summed E-state index contributed by atoms with van der Waals surface area (Å²) in [4.78, 5) is 25.4. The molecule has 144 valence electrons. The summed E-state index contributed by atoms with van der Waals surface area (Å²) in [6.07, 6.45) is 12.3. The maximum absolute atomic E-state index is 12.8. The van der Waals surface area contributed by atoms with Crippen LogP contribution in [0.1, 0.15) is 36.8 Å². The van der Waals surface area contributed by atoms with Gasteiger partial charge in [0.25, 0.3) is 0 Å². The Kier molecular flexibility index (Phi) is 7.59. The van der Waals surface area contributed by atoms with Crippen LogP contribution in [0.25, 0.3) is 0 Å². The molecule has 1 aliphatic heterocycles. The molecule has 1 fully saturated rings. The largest absolute Gasteiger partial charge is 0.337 e. The maximum atomic E-state index is 12.8. The van der Waals surface area contributed by atoms with Gasteiger partial charge in [0.1, 0.15) is 0 Å². The van der Waals surface area contributed by atoms with Crippen molar-refractivity contribution in [3.63, 3.8) is 0 Å². The zero-order chi connectivity index (χ0) is 18.7. The average molecular weight is 367 g/mol. The number of carbonyl (C=O) groups is 1. The third kappa shape index (κ3) is 6.64. The van der Waals surface area contributed by atoms with Crippen LogP contribution in [0.2, 0.25) is 0 Å². The minimum Gasteiger partial charge on any atom is -0.337 e. The highest BCUT2D eigenvalue weighted by Crippen LogP contribution is 2.10. The van der Waals surface area contributed by atoms with Crippen LogP contribution in [0, 0.1) is 0 Å². The Hall–Kier alpha value is -2.47. The predicted molar refractivity (Wildman–Crippen MR) is 106 cm³/mol. The molecule has 6 nitrogen and oxygen atoms in total. The monoisotopic (exact) mass is 367 g/mol. The van der Waals surface area contributed by atoms with Crippen molar-refractivity contribution in [2.45, 2.75) is 38.8 Å². The number of aromatic nitrogens is 2. The Balaban J connectivity index is 1.56. The van der Waals surface area contributed by atoms with E-state index >= 15 is 0 Å². The number of amides is 2. The quantitative estimate of drug-likeness (QED) is 0.817. The van der Waals surface area contributed by atoms with E-state index in [4.69, 9.17) is 0 Å². The molecule has 1 aliphatic rings. The smallest absolute Gasteiger partial charge is 0.318 e. The number of nitrogens with one attached hydrogen (secondary N) is 1. The molecule has 3 rings (SSSR count). The second kappa shape index (κ2) is 10.6. The average Bonchev–Trinajstić information content (AvgIpc) is 2.98. The highest BCUT2D eigenvalue weighted by atomic mass is 16.2. The molecule has 0 bridgehead atoms. The molecule has 2 aromatic rings. The molecule has 6 heteroatoms. The summed E-state index contributed by atoms with van der Waals surface area (Å²) in [6, 6.07) is 7.74. The fourth-order valence-electron chi connectivity index (χ4n) is 3.42. The van der Waals surface area contributed by atoms with Gasteiger partial charge in [0.05, 0.1) is 0 Å². The second-order valence-electron chi connectivity index (χ2n) is 7.07. The van der Waals surface area contributed by atoms with Gasteiger partial charge < -0.3 is 15.1 Å². The number of pyridine rings is 2. The van der Waals surface area contributed by atoms with Gasteiger partial charge in [-0.05, 0) is 49.2 Å². The van der Waals surface area contributed by atoms with Crippen molar-refractivity contribution in [2.24, 2.45) is 0 Å². The highest BCUT2D eigenvalue weighted by molar-refractivity contribution is 5.74. The van der Waals surface area contributed by atoms with Gasteiger partial charge in [0.2, 0.25) is 0 Å². The summed E-state index contributed by atoms with van der Waals surface area (Å²) in [7, 11) is 0. The summed E-state index contributed by atoms with van der Waals surface area (Å²) in [5.41, 5.74) is 2.04. The van der Waals surface area contributed by atoms with Gasteiger partial charge in [-0.2, -0.15) is 0 Å². The Morgan fingerprint density at radius 1 is 0.963 bits per heavy atom. The Labute approximate surface area is 161 Å². The number of likely N-dealkylation sites (tertiary alicyclic amines) is 1. The molecule has 1 saturated heterocycles. The zero-order valence-corrected chi connectivity index (χ0v) is 15.9. The molecule has 0 saturated carbocycles. The Bertz CT molecular complexity index is 630. The third-order valence-electron chi connectivity index (χ3n) is 4.88. The van der Waals surface area contributed by atoms with Crippen molar-refractivity contribution in [3.05, 3.63) is 60.2 Å². The lowest BCUT2D eigenvalue weighted by atomic mass is 10.2. The van der Waals surface area contributed by atoms with Gasteiger partial charge in [-0.3, -0.25) is 9.97 Å². The number of urea groups is 1. The molecule has 0 atom stereocenters. The minimum absolute atomic E-state index is 0.0440. The van der Waals surface area contributed by atoms with Gasteiger partial charge in [-0.15, -0.1) is 0 Å². The molecule has 1 N–H and O–H groups in total. The lowest BCUT2D eigenvalue weighted by Gasteiger charge is -2.25. The van der Waals surface area contributed by atoms with Gasteiger partial charge in [-0.25, -0.2) is 4.79 Å². The molecule has 3 heterocycles. The number of hydrogen-bond acceptors (Lipinski definition) is 4. The number of hydrogen-bond donors (Lipinski definition) is 1. The molecule has 0 unspecified atom stereocenters. The summed E-state index contributed by atoms with van der Waals surface area (Å²) in [5, 5.41) is 3.10. The Morgan fingerprint density at radius 3 is 2.07 bits per heavy atom. The van der Waals surface area contributed by atoms with Crippen molar-refractivity contribution in [1.82, 2.24) is 25.1 Å². The number of nitrogens with zero attached hydrogens (tertiary/aromatic N) is 4. The number of carbonyl (C=O) groups excluding carboxylic acids is 1. The summed E-state index contributed by atoms with van der Waals surface area (Å²) >= 11 is 0. The highest BCUT2D eigenvalue weighted by Gasteiger charge is 2.15. The molecule has 2 amide bonds. The van der Waals surface area contributed by atoms with Crippen LogP contribution in [-0.2, 0) is 13.1 Å². The zero-order valence-electron chi connectivity index (χ0n) is 15.9. The fourth-order valence-corrected chi connectivity index (χ4v) is 3.42. The van der Waals surface area contributed by atoms with E-state index in [9.17, 15) is 4.79 Å². The second-order valence-corrected chi connectivity index (χ2v) is 7.07. The summed E-state index contributed by atoms with van der Waals surface area (Å²) in [6.45, 7) is 4.93. The molecule has 2 aromatic heterocycles. The molecule has 0 spiro atoms. The first-order valence-electron chi connectivity index (χ1n) is 9.84. The molecule has 0 aliphatic carbocycles. The molecule has 0 radical (unpaired) electrons. The van der Waals surface area contributed by atoms with E-state index in [2.05, 4.69) is 20.2 Å². The van der Waals surface area contributed by atoms with Gasteiger partial charge in [0, 0.05) is 51.0 Å². The van der Waals surface area contributed by atoms with E-state index < -0.39 is 0 Å². The van der Waals surface area contributed by atoms with Crippen molar-refractivity contribution < 1.29 is 4.79 Å². The van der Waals surface area contributed by atoms with Crippen LogP contribution < -0.4 is 5.32 Å². The van der Waals surface area contributed by atoms with Crippen LogP contribution in [-0.4, -0.2) is 52.0 Å². The van der Waals surface area contributed by atoms with E-state index in [1.54, 1.807) is 24.8 Å². The van der Waals surface area contributed by atoms with Gasteiger partial charge >= 0.3 is 6.03 Å². The first-order chi connectivity index (χ1) is 13.3. The normalized spacial score (nSPS) is 15.1. The lowest BCUT2D eigenvalue weighted by molar-refractivity contribution is 0.189. The molecular formula is C21H29N5O. The van der Waals surface area contributed by atoms with E-state index in [1.165, 1.54) is 25.7 Å². The lowest BCUT2D eigenvalue weighted by Crippen LogP contribution is -2.42. The van der Waals surface area contributed by atoms with Crippen LogP contribution in [0.3, 0.4) is 0 Å². The summed E-state index contributed by atoms with van der Waals surface area (Å²) in [5.74, 6) is 0. The molecule has 27 heavy (non-hydrogen) atoms. The van der Waals surface area contributed by atoms with Crippen molar-refractivity contribution in [3.8, 4) is 0 Å². The van der Waals surface area contributed by atoms with E-state index in [0.29, 0.717) is 19.6 Å². The Morgan fingerprint density at radius 2 is 1.56 bits per heavy atom. The van der Waals surface area contributed by atoms with E-state index in [-0.39, 0.29) is 6.03 Å². The summed E-state index contributed by atoms with van der Waals surface area (Å²) < 4.78 is 0. The number of rotatable bonds is 7. The van der Waals surface area contributed by atoms with Crippen LogP contribution in [0.5, 0.6) is 0 Å². The third-order valence-corrected chi connectivity index (χ3v) is 4.88. The first kappa shape index (κ1) is 19.3. The van der Waals surface area contributed by atoms with Crippen molar-refractivity contribution in [2.75, 3.05) is 26.2 Å². The minimum atomic E-state index is -0.0440. The predicted octanol–water partition coefficient (Wildman–Crippen LogP) is 3.06. The molecular weight excluding hydrogens is 338 g/mol. The van der Waals surface area contributed by atoms with Gasteiger partial charge in [0.15, 0.2) is 0 Å². The van der Waals surface area contributed by atoms with E-state index in [1.807, 2.05) is 29.2 Å². The standard InChI is InChI=1S/C21H29N5O/c27-21(24-11-14-25-12-3-1-2-4-13-25)26(17-19-7-5-9-22-15-19)18-20-8-6-10-23-16-20/h5-10,15-16H,1-4,11-14,17-18H2,(H,24,27). The van der Waals surface area contributed by atoms with Crippen molar-refractivity contribution >= 4 is 6.03 Å². The molecule has 0 aromatic carbocycles. The topological polar surface area (TPSA) is 61.4 Å². The van der Waals surface area contributed by atoms with Crippen LogP contribution >= 0.6 is 0 Å². The van der Waals surface area contributed by atoms with Crippen molar-refractivity contribution in [1.29, 1.82) is 0 Å². The maximum Gasteiger partial charge on any atom is 0.318 e. The van der Waals surface area contributed by atoms with Crippen LogP contribution in [0.15, 0.2) is 49.1 Å². The SMILES string of the molecule is O=C(NCCN1CCCCCC1)N(Cc1cccnc1)Cc1cccnc1. The van der Waals surface area contributed by atoms with Gasteiger partial charge in [-0.1, -0.05) is 25.0 Å². The van der Waals surface area contributed by atoms with E-state index in [0.717, 1.165) is 30.8 Å². The first-order valence-corrected chi connectivity index (χ1v) is 9.84. The fraction of sp³-hybridized carbons (Fsp3) is 0.476.